The number of piperidine rings is 1. The molecule has 2 atom stereocenters. The number of aromatic nitrogens is 2. The van der Waals surface area contributed by atoms with Crippen LogP contribution in [0, 0.1) is 5.41 Å². The Bertz CT molecular complexity index is 815. The number of fused-ring (bicyclic) bond motifs is 2. The lowest BCUT2D eigenvalue weighted by Crippen LogP contribution is -2.55. The van der Waals surface area contributed by atoms with Gasteiger partial charge in [-0.15, -0.1) is 0 Å². The van der Waals surface area contributed by atoms with Crippen molar-refractivity contribution in [1.29, 1.82) is 0 Å². The summed E-state index contributed by atoms with van der Waals surface area (Å²) in [5.74, 6) is 0.118. The molecule has 1 saturated heterocycles. The van der Waals surface area contributed by atoms with Gasteiger partial charge >= 0.3 is 0 Å². The summed E-state index contributed by atoms with van der Waals surface area (Å²) in [5.41, 5.74) is 1.33. The minimum Gasteiger partial charge on any atom is -0.350 e. The van der Waals surface area contributed by atoms with Gasteiger partial charge < -0.3 is 10.2 Å². The van der Waals surface area contributed by atoms with E-state index in [0.717, 1.165) is 43.1 Å². The van der Waals surface area contributed by atoms with Gasteiger partial charge in [0.1, 0.15) is 0 Å². The van der Waals surface area contributed by atoms with Crippen molar-refractivity contribution < 1.29 is 9.59 Å². The number of hydrogen-bond acceptors (Lipinski definition) is 3. The predicted molar refractivity (Wildman–Crippen MR) is 95.1 cm³/mol. The first kappa shape index (κ1) is 16.1. The molecular formula is C19H24N4O2. The molecule has 2 heterocycles. The number of nitrogens with zero attached hydrogens (tertiary/aromatic N) is 2. The largest absolute Gasteiger partial charge is 0.350 e. The highest BCUT2D eigenvalue weighted by atomic mass is 16.2. The van der Waals surface area contributed by atoms with Crippen LogP contribution < -0.4 is 5.32 Å². The molecule has 2 amide bonds. The fourth-order valence-electron chi connectivity index (χ4n) is 4.74. The van der Waals surface area contributed by atoms with Crippen molar-refractivity contribution in [2.24, 2.45) is 5.41 Å². The molecule has 2 aromatic rings. The fourth-order valence-corrected chi connectivity index (χ4v) is 4.74. The first-order valence-corrected chi connectivity index (χ1v) is 9.15. The third-order valence-electron chi connectivity index (χ3n) is 6.02. The molecule has 2 N–H and O–H groups in total. The summed E-state index contributed by atoms with van der Waals surface area (Å²) >= 11 is 0. The number of amides is 2. The third-order valence-corrected chi connectivity index (χ3v) is 6.02. The first-order chi connectivity index (χ1) is 12.1. The highest BCUT2D eigenvalue weighted by Crippen LogP contribution is 2.47. The maximum Gasteiger partial charge on any atom is 0.272 e. The van der Waals surface area contributed by atoms with Crippen molar-refractivity contribution in [3.8, 4) is 0 Å². The van der Waals surface area contributed by atoms with Gasteiger partial charge in [-0.3, -0.25) is 14.7 Å². The number of aromatic amines is 1. The lowest BCUT2D eigenvalue weighted by molar-refractivity contribution is -0.141. The SMILES string of the molecule is CCN1C(=O)CC[C@]2(CNC(=O)c3n[nH]c4ccccc34)CCC[C@@H]12. The molecule has 1 aliphatic heterocycles. The molecular weight excluding hydrogens is 316 g/mol. The van der Waals surface area contributed by atoms with Crippen LogP contribution in [0.5, 0.6) is 0 Å². The number of carbonyl (C=O) groups excluding carboxylic acids is 2. The van der Waals surface area contributed by atoms with Gasteiger partial charge in [0.25, 0.3) is 5.91 Å². The third kappa shape index (κ3) is 2.60. The molecule has 0 spiro atoms. The van der Waals surface area contributed by atoms with E-state index in [9.17, 15) is 9.59 Å². The van der Waals surface area contributed by atoms with Gasteiger partial charge in [-0.2, -0.15) is 5.10 Å². The Hall–Kier alpha value is -2.37. The van der Waals surface area contributed by atoms with Crippen molar-refractivity contribution in [2.75, 3.05) is 13.1 Å². The van der Waals surface area contributed by atoms with Gasteiger partial charge in [-0.05, 0) is 32.3 Å². The van der Waals surface area contributed by atoms with E-state index in [0.29, 0.717) is 18.7 Å². The summed E-state index contributed by atoms with van der Waals surface area (Å²) in [5, 5.41) is 11.0. The molecule has 1 saturated carbocycles. The van der Waals surface area contributed by atoms with E-state index in [1.807, 2.05) is 36.1 Å². The predicted octanol–water partition coefficient (Wildman–Crippen LogP) is 2.47. The zero-order valence-corrected chi connectivity index (χ0v) is 14.5. The van der Waals surface area contributed by atoms with Gasteiger partial charge in [0.2, 0.25) is 5.91 Å². The van der Waals surface area contributed by atoms with Crippen molar-refractivity contribution in [2.45, 2.75) is 45.1 Å². The monoisotopic (exact) mass is 340 g/mol. The van der Waals surface area contributed by atoms with E-state index in [2.05, 4.69) is 15.5 Å². The van der Waals surface area contributed by atoms with Crippen LogP contribution in [-0.2, 0) is 4.79 Å². The van der Waals surface area contributed by atoms with Gasteiger partial charge in [0.15, 0.2) is 5.69 Å². The van der Waals surface area contributed by atoms with Crippen LogP contribution in [0.25, 0.3) is 10.9 Å². The molecule has 0 radical (unpaired) electrons. The lowest BCUT2D eigenvalue weighted by Gasteiger charge is -2.46. The van der Waals surface area contributed by atoms with Gasteiger partial charge in [0.05, 0.1) is 5.52 Å². The molecule has 2 fully saturated rings. The Labute approximate surface area is 147 Å². The lowest BCUT2D eigenvalue weighted by atomic mass is 9.74. The van der Waals surface area contributed by atoms with Crippen LogP contribution in [0.4, 0.5) is 0 Å². The normalized spacial score (nSPS) is 26.0. The summed E-state index contributed by atoms with van der Waals surface area (Å²) in [7, 11) is 0. The molecule has 25 heavy (non-hydrogen) atoms. The summed E-state index contributed by atoms with van der Waals surface area (Å²) in [6, 6.07) is 7.91. The fraction of sp³-hybridized carbons (Fsp3) is 0.526. The van der Waals surface area contributed by atoms with Gasteiger partial charge in [-0.1, -0.05) is 24.6 Å². The minimum absolute atomic E-state index is 0.0195. The second-order valence-electron chi connectivity index (χ2n) is 7.25. The number of benzene rings is 1. The van der Waals surface area contributed by atoms with Crippen LogP contribution in [0.2, 0.25) is 0 Å². The number of likely N-dealkylation sites (tertiary alicyclic amines) is 1. The van der Waals surface area contributed by atoms with Gasteiger partial charge in [0, 0.05) is 36.4 Å². The number of hydrogen-bond donors (Lipinski definition) is 2. The molecule has 1 aromatic carbocycles. The Morgan fingerprint density at radius 3 is 3.08 bits per heavy atom. The van der Waals surface area contributed by atoms with Crippen molar-refractivity contribution in [1.82, 2.24) is 20.4 Å². The standard InChI is InChI=1S/C19H24N4O2/c1-2-23-15-8-5-10-19(15,11-9-16(23)24)12-20-18(25)17-13-6-3-4-7-14(13)21-22-17/h3-4,6-7,15H,2,5,8-12H2,1H3,(H,20,25)(H,21,22)/t15-,19+/m1/s1. The van der Waals surface area contributed by atoms with E-state index in [-0.39, 0.29) is 23.3 Å². The molecule has 132 valence electrons. The number of para-hydroxylation sites is 1. The number of rotatable bonds is 4. The summed E-state index contributed by atoms with van der Waals surface area (Å²) in [6.45, 7) is 3.41. The van der Waals surface area contributed by atoms with Crippen LogP contribution in [0.15, 0.2) is 24.3 Å². The Balaban J connectivity index is 1.52. The average molecular weight is 340 g/mol. The Morgan fingerprint density at radius 1 is 1.40 bits per heavy atom. The van der Waals surface area contributed by atoms with Gasteiger partial charge in [-0.25, -0.2) is 0 Å². The second kappa shape index (κ2) is 6.17. The molecule has 6 nitrogen and oxygen atoms in total. The molecule has 1 aromatic heterocycles. The highest BCUT2D eigenvalue weighted by Gasteiger charge is 2.49. The zero-order chi connectivity index (χ0) is 17.4. The van der Waals surface area contributed by atoms with Crippen LogP contribution in [0.1, 0.15) is 49.5 Å². The summed E-state index contributed by atoms with van der Waals surface area (Å²) < 4.78 is 0. The average Bonchev–Trinajstić information content (AvgIpc) is 3.24. The highest BCUT2D eigenvalue weighted by molar-refractivity contribution is 6.04. The van der Waals surface area contributed by atoms with Crippen molar-refractivity contribution >= 4 is 22.7 Å². The topological polar surface area (TPSA) is 78.1 Å². The van der Waals surface area contributed by atoms with Crippen LogP contribution >= 0.6 is 0 Å². The minimum atomic E-state index is -0.141. The van der Waals surface area contributed by atoms with E-state index in [4.69, 9.17) is 0 Å². The van der Waals surface area contributed by atoms with E-state index < -0.39 is 0 Å². The zero-order valence-electron chi connectivity index (χ0n) is 14.5. The molecule has 0 bridgehead atoms. The Morgan fingerprint density at radius 2 is 2.24 bits per heavy atom. The van der Waals surface area contributed by atoms with Crippen molar-refractivity contribution in [3.63, 3.8) is 0 Å². The van der Waals surface area contributed by atoms with E-state index >= 15 is 0 Å². The Kier molecular flexibility index (Phi) is 3.98. The molecule has 1 aliphatic carbocycles. The van der Waals surface area contributed by atoms with Crippen LogP contribution in [-0.4, -0.2) is 46.0 Å². The van der Waals surface area contributed by atoms with E-state index in [1.54, 1.807) is 0 Å². The summed E-state index contributed by atoms with van der Waals surface area (Å²) in [4.78, 5) is 26.9. The second-order valence-corrected chi connectivity index (χ2v) is 7.25. The maximum atomic E-state index is 12.7. The maximum absolute atomic E-state index is 12.7. The van der Waals surface area contributed by atoms with Crippen LogP contribution in [0.3, 0.4) is 0 Å². The number of nitrogens with one attached hydrogen (secondary N) is 2. The number of carbonyl (C=O) groups is 2. The smallest absolute Gasteiger partial charge is 0.272 e. The molecule has 2 aliphatic rings. The van der Waals surface area contributed by atoms with Crippen molar-refractivity contribution in [3.05, 3.63) is 30.0 Å². The quantitative estimate of drug-likeness (QED) is 0.897. The van der Waals surface area contributed by atoms with E-state index in [1.165, 1.54) is 0 Å². The molecule has 4 rings (SSSR count). The molecule has 0 unspecified atom stereocenters. The first-order valence-electron chi connectivity index (χ1n) is 9.15. The molecule has 6 heteroatoms. The summed E-state index contributed by atoms with van der Waals surface area (Å²) in [6.07, 6.45) is 4.69. The number of H-pyrrole nitrogens is 1.